The SMILES string of the molecule is Cc1cnc(CN(C)C(=O)c2cc(COc3c(C)cccc3C)on2)[nH]1. The number of aryl methyl sites for hydroxylation is 3. The van der Waals surface area contributed by atoms with Gasteiger partial charge < -0.3 is 19.1 Å². The summed E-state index contributed by atoms with van der Waals surface area (Å²) >= 11 is 0. The van der Waals surface area contributed by atoms with Crippen molar-refractivity contribution < 1.29 is 14.1 Å². The van der Waals surface area contributed by atoms with Gasteiger partial charge in [-0.05, 0) is 31.9 Å². The predicted octanol–water partition coefficient (Wildman–Crippen LogP) is 3.17. The van der Waals surface area contributed by atoms with Gasteiger partial charge in [0.15, 0.2) is 11.5 Å². The van der Waals surface area contributed by atoms with Gasteiger partial charge in [-0.3, -0.25) is 4.79 Å². The fraction of sp³-hybridized carbons (Fsp3) is 0.316. The quantitative estimate of drug-likeness (QED) is 0.735. The molecule has 0 aliphatic heterocycles. The Kier molecular flexibility index (Phi) is 5.06. The summed E-state index contributed by atoms with van der Waals surface area (Å²) in [5.41, 5.74) is 3.30. The summed E-state index contributed by atoms with van der Waals surface area (Å²) in [5, 5.41) is 3.86. The number of hydrogen-bond donors (Lipinski definition) is 1. The van der Waals surface area contributed by atoms with E-state index in [-0.39, 0.29) is 18.2 Å². The molecule has 0 saturated carbocycles. The molecule has 7 nitrogen and oxygen atoms in total. The van der Waals surface area contributed by atoms with E-state index in [2.05, 4.69) is 15.1 Å². The number of rotatable bonds is 6. The first-order chi connectivity index (χ1) is 12.4. The number of hydrogen-bond acceptors (Lipinski definition) is 5. The van der Waals surface area contributed by atoms with Crippen LogP contribution < -0.4 is 4.74 Å². The minimum absolute atomic E-state index is 0.215. The Balaban J connectivity index is 1.62. The highest BCUT2D eigenvalue weighted by molar-refractivity contribution is 5.91. The van der Waals surface area contributed by atoms with Crippen molar-refractivity contribution in [2.24, 2.45) is 0 Å². The van der Waals surface area contributed by atoms with Crippen LogP contribution >= 0.6 is 0 Å². The average Bonchev–Trinajstić information content (AvgIpc) is 3.23. The Bertz CT molecular complexity index is 893. The summed E-state index contributed by atoms with van der Waals surface area (Å²) in [6.07, 6.45) is 1.73. The van der Waals surface area contributed by atoms with Gasteiger partial charge in [-0.1, -0.05) is 23.4 Å². The maximum absolute atomic E-state index is 12.5. The number of nitrogens with zero attached hydrogens (tertiary/aromatic N) is 3. The smallest absolute Gasteiger partial charge is 0.276 e. The summed E-state index contributed by atoms with van der Waals surface area (Å²) < 4.78 is 11.1. The minimum Gasteiger partial charge on any atom is -0.485 e. The third-order valence-electron chi connectivity index (χ3n) is 4.03. The maximum Gasteiger partial charge on any atom is 0.276 e. The van der Waals surface area contributed by atoms with Crippen molar-refractivity contribution in [1.82, 2.24) is 20.0 Å². The van der Waals surface area contributed by atoms with Crippen molar-refractivity contribution >= 4 is 5.91 Å². The molecule has 0 bridgehead atoms. The first kappa shape index (κ1) is 17.7. The van der Waals surface area contributed by atoms with Gasteiger partial charge in [-0.15, -0.1) is 0 Å². The Morgan fingerprint density at radius 3 is 2.65 bits per heavy atom. The molecule has 3 rings (SSSR count). The fourth-order valence-corrected chi connectivity index (χ4v) is 2.69. The zero-order chi connectivity index (χ0) is 18.7. The molecule has 1 amide bonds. The van der Waals surface area contributed by atoms with Gasteiger partial charge in [0.25, 0.3) is 5.91 Å². The molecule has 1 aromatic carbocycles. The lowest BCUT2D eigenvalue weighted by atomic mass is 10.1. The van der Waals surface area contributed by atoms with Crippen molar-refractivity contribution in [3.8, 4) is 5.75 Å². The lowest BCUT2D eigenvalue weighted by molar-refractivity contribution is 0.0771. The number of carbonyl (C=O) groups excluding carboxylic acids is 1. The first-order valence-corrected chi connectivity index (χ1v) is 8.34. The maximum atomic E-state index is 12.5. The molecule has 2 heterocycles. The number of aromatic amines is 1. The van der Waals surface area contributed by atoms with E-state index in [1.165, 1.54) is 4.90 Å². The second-order valence-corrected chi connectivity index (χ2v) is 6.36. The predicted molar refractivity (Wildman–Crippen MR) is 95.9 cm³/mol. The molecule has 0 atom stereocenters. The van der Waals surface area contributed by atoms with Crippen LogP contribution in [0.5, 0.6) is 5.75 Å². The van der Waals surface area contributed by atoms with Crippen LogP contribution in [0.25, 0.3) is 0 Å². The van der Waals surface area contributed by atoms with Gasteiger partial charge in [-0.25, -0.2) is 4.98 Å². The third-order valence-corrected chi connectivity index (χ3v) is 4.03. The zero-order valence-corrected chi connectivity index (χ0v) is 15.4. The van der Waals surface area contributed by atoms with Crippen LogP contribution in [0.4, 0.5) is 0 Å². The number of amides is 1. The summed E-state index contributed by atoms with van der Waals surface area (Å²) in [6.45, 7) is 6.48. The monoisotopic (exact) mass is 354 g/mol. The highest BCUT2D eigenvalue weighted by Crippen LogP contribution is 2.23. The van der Waals surface area contributed by atoms with Crippen LogP contribution in [-0.2, 0) is 13.2 Å². The number of para-hydroxylation sites is 1. The molecule has 136 valence electrons. The lowest BCUT2D eigenvalue weighted by Crippen LogP contribution is -2.27. The third kappa shape index (κ3) is 3.93. The van der Waals surface area contributed by atoms with Gasteiger partial charge in [0.2, 0.25) is 0 Å². The van der Waals surface area contributed by atoms with Crippen LogP contribution in [0, 0.1) is 20.8 Å². The van der Waals surface area contributed by atoms with E-state index in [9.17, 15) is 4.79 Å². The molecule has 7 heteroatoms. The normalized spacial score (nSPS) is 10.8. The van der Waals surface area contributed by atoms with E-state index in [0.717, 1.165) is 28.4 Å². The highest BCUT2D eigenvalue weighted by Gasteiger charge is 2.18. The molecule has 26 heavy (non-hydrogen) atoms. The Hall–Kier alpha value is -3.09. The molecule has 3 aromatic rings. The number of nitrogens with one attached hydrogen (secondary N) is 1. The van der Waals surface area contributed by atoms with E-state index >= 15 is 0 Å². The van der Waals surface area contributed by atoms with E-state index in [0.29, 0.717) is 12.3 Å². The molecule has 0 saturated heterocycles. The number of carbonyl (C=O) groups is 1. The second-order valence-electron chi connectivity index (χ2n) is 6.36. The lowest BCUT2D eigenvalue weighted by Gasteiger charge is -2.13. The molecule has 2 aromatic heterocycles. The fourth-order valence-electron chi connectivity index (χ4n) is 2.69. The molecular weight excluding hydrogens is 332 g/mol. The van der Waals surface area contributed by atoms with Gasteiger partial charge in [0.05, 0.1) is 6.54 Å². The van der Waals surface area contributed by atoms with Crippen molar-refractivity contribution in [2.75, 3.05) is 7.05 Å². The second kappa shape index (κ2) is 7.43. The van der Waals surface area contributed by atoms with Crippen LogP contribution in [0.3, 0.4) is 0 Å². The highest BCUT2D eigenvalue weighted by atomic mass is 16.5. The molecule has 0 fully saturated rings. The molecule has 1 N–H and O–H groups in total. The Morgan fingerprint density at radius 1 is 1.27 bits per heavy atom. The minimum atomic E-state index is -0.235. The van der Waals surface area contributed by atoms with E-state index < -0.39 is 0 Å². The van der Waals surface area contributed by atoms with Crippen LogP contribution in [0.1, 0.15) is 38.9 Å². The molecule has 0 spiro atoms. The number of ether oxygens (including phenoxy) is 1. The summed E-state index contributed by atoms with van der Waals surface area (Å²) in [7, 11) is 1.70. The van der Waals surface area contributed by atoms with Crippen LogP contribution in [-0.4, -0.2) is 33.0 Å². The molecular formula is C19H22N4O3. The van der Waals surface area contributed by atoms with Gasteiger partial charge in [0, 0.05) is 25.0 Å². The summed E-state index contributed by atoms with van der Waals surface area (Å²) in [6, 6.07) is 7.57. The Morgan fingerprint density at radius 2 is 2.00 bits per heavy atom. The van der Waals surface area contributed by atoms with Crippen molar-refractivity contribution in [3.05, 3.63) is 64.6 Å². The van der Waals surface area contributed by atoms with E-state index in [4.69, 9.17) is 9.26 Å². The topological polar surface area (TPSA) is 84.2 Å². The van der Waals surface area contributed by atoms with Gasteiger partial charge >= 0.3 is 0 Å². The van der Waals surface area contributed by atoms with Crippen molar-refractivity contribution in [1.29, 1.82) is 0 Å². The molecule has 0 unspecified atom stereocenters. The first-order valence-electron chi connectivity index (χ1n) is 8.34. The number of H-pyrrole nitrogens is 1. The number of imidazole rings is 1. The van der Waals surface area contributed by atoms with E-state index in [1.807, 2.05) is 39.0 Å². The average molecular weight is 354 g/mol. The van der Waals surface area contributed by atoms with E-state index in [1.54, 1.807) is 19.3 Å². The molecule has 0 aliphatic carbocycles. The molecule has 0 aliphatic rings. The Labute approximate surface area is 152 Å². The summed E-state index contributed by atoms with van der Waals surface area (Å²) in [4.78, 5) is 21.3. The van der Waals surface area contributed by atoms with Crippen LogP contribution in [0.15, 0.2) is 35.0 Å². The van der Waals surface area contributed by atoms with Crippen molar-refractivity contribution in [3.63, 3.8) is 0 Å². The van der Waals surface area contributed by atoms with Crippen molar-refractivity contribution in [2.45, 2.75) is 33.9 Å². The number of aromatic nitrogens is 3. The number of benzene rings is 1. The molecule has 0 radical (unpaired) electrons. The largest absolute Gasteiger partial charge is 0.485 e. The zero-order valence-electron chi connectivity index (χ0n) is 15.4. The van der Waals surface area contributed by atoms with Gasteiger partial charge in [0.1, 0.15) is 18.2 Å². The summed E-state index contributed by atoms with van der Waals surface area (Å²) in [5.74, 6) is 1.81. The van der Waals surface area contributed by atoms with Gasteiger partial charge in [-0.2, -0.15) is 0 Å². The standard InChI is InChI=1S/C19H22N4O3/c1-12-6-5-7-13(2)18(12)25-11-15-8-16(22-26-15)19(24)23(4)10-17-20-9-14(3)21-17/h5-9H,10-11H2,1-4H3,(H,20,21). The van der Waals surface area contributed by atoms with Crippen LogP contribution in [0.2, 0.25) is 0 Å².